The lowest BCUT2D eigenvalue weighted by Gasteiger charge is -2.13. The van der Waals surface area contributed by atoms with Gasteiger partial charge in [0.25, 0.3) is 0 Å². The second-order valence-corrected chi connectivity index (χ2v) is 4.40. The fraction of sp³-hybridized carbons (Fsp3) is 0.455. The van der Waals surface area contributed by atoms with Crippen LogP contribution in [0.3, 0.4) is 0 Å². The largest absolute Gasteiger partial charge is 0.505 e. The normalized spacial score (nSPS) is 12.7. The first kappa shape index (κ1) is 12.3. The minimum Gasteiger partial charge on any atom is -0.505 e. The van der Waals surface area contributed by atoms with Crippen molar-refractivity contribution in [3.8, 4) is 5.75 Å². The molecular weight excluding hydrogens is 213 g/mol. The molecule has 0 aromatic heterocycles. The lowest BCUT2D eigenvalue weighted by molar-refractivity contribution is 0.421. The highest BCUT2D eigenvalue weighted by atomic mass is 32.2. The number of nitrogens with one attached hydrogen (secondary N) is 1. The van der Waals surface area contributed by atoms with Gasteiger partial charge in [-0.25, -0.2) is 4.39 Å². The summed E-state index contributed by atoms with van der Waals surface area (Å²) in [7, 11) is 0. The monoisotopic (exact) mass is 229 g/mol. The Kier molecular flexibility index (Phi) is 4.91. The van der Waals surface area contributed by atoms with Crippen LogP contribution in [0.1, 0.15) is 12.5 Å². The molecule has 84 valence electrons. The van der Waals surface area contributed by atoms with E-state index in [0.29, 0.717) is 18.2 Å². The Bertz CT molecular complexity index is 319. The number of halogens is 1. The Morgan fingerprint density at radius 3 is 2.93 bits per heavy atom. The smallest absolute Gasteiger partial charge is 0.165 e. The molecule has 0 fully saturated rings. The van der Waals surface area contributed by atoms with Gasteiger partial charge >= 0.3 is 0 Å². The van der Waals surface area contributed by atoms with Gasteiger partial charge in [-0.1, -0.05) is 12.1 Å². The average Bonchev–Trinajstić information content (AvgIpc) is 2.21. The molecule has 4 heteroatoms. The van der Waals surface area contributed by atoms with Crippen molar-refractivity contribution in [2.75, 3.05) is 12.0 Å². The summed E-state index contributed by atoms with van der Waals surface area (Å²) in [5.74, 6) is 0.184. The molecule has 0 amide bonds. The maximum absolute atomic E-state index is 13.0. The van der Waals surface area contributed by atoms with E-state index >= 15 is 0 Å². The molecule has 15 heavy (non-hydrogen) atoms. The molecule has 0 radical (unpaired) electrons. The molecule has 0 aliphatic carbocycles. The second kappa shape index (κ2) is 5.98. The zero-order valence-corrected chi connectivity index (χ0v) is 9.77. The minimum absolute atomic E-state index is 0.249. The molecule has 2 nitrogen and oxygen atoms in total. The summed E-state index contributed by atoms with van der Waals surface area (Å²) in [5.41, 5.74) is 0.600. The van der Waals surface area contributed by atoms with Gasteiger partial charge in [0.1, 0.15) is 0 Å². The minimum atomic E-state index is -0.563. The molecule has 0 aliphatic heterocycles. The van der Waals surface area contributed by atoms with Gasteiger partial charge in [-0.05, 0) is 19.2 Å². The number of hydrogen-bond donors (Lipinski definition) is 2. The molecule has 0 heterocycles. The van der Waals surface area contributed by atoms with E-state index in [1.807, 2.05) is 6.26 Å². The summed E-state index contributed by atoms with van der Waals surface area (Å²) in [6, 6.07) is 4.93. The van der Waals surface area contributed by atoms with E-state index in [2.05, 4.69) is 12.2 Å². The fourth-order valence-electron chi connectivity index (χ4n) is 1.30. The van der Waals surface area contributed by atoms with Gasteiger partial charge in [-0.3, -0.25) is 0 Å². The molecule has 1 unspecified atom stereocenters. The van der Waals surface area contributed by atoms with Crippen molar-refractivity contribution in [3.05, 3.63) is 29.6 Å². The van der Waals surface area contributed by atoms with Gasteiger partial charge in [-0.15, -0.1) is 0 Å². The van der Waals surface area contributed by atoms with Crippen LogP contribution in [-0.2, 0) is 6.54 Å². The van der Waals surface area contributed by atoms with Crippen LogP contribution in [0.15, 0.2) is 18.2 Å². The molecule has 0 bridgehead atoms. The zero-order chi connectivity index (χ0) is 11.3. The second-order valence-electron chi connectivity index (χ2n) is 3.48. The summed E-state index contributed by atoms with van der Waals surface area (Å²) in [5, 5.41) is 12.6. The molecule has 0 saturated carbocycles. The average molecular weight is 229 g/mol. The van der Waals surface area contributed by atoms with E-state index in [0.717, 1.165) is 5.75 Å². The number of phenols is 1. The first-order chi connectivity index (χ1) is 7.15. The SMILES string of the molecule is CSCC(C)NCc1cccc(F)c1O. The van der Waals surface area contributed by atoms with Crippen molar-refractivity contribution in [2.24, 2.45) is 0 Å². The van der Waals surface area contributed by atoms with Crippen molar-refractivity contribution < 1.29 is 9.50 Å². The van der Waals surface area contributed by atoms with Gasteiger partial charge in [-0.2, -0.15) is 11.8 Å². The number of hydrogen-bond acceptors (Lipinski definition) is 3. The van der Waals surface area contributed by atoms with E-state index in [1.165, 1.54) is 6.07 Å². The van der Waals surface area contributed by atoms with Crippen molar-refractivity contribution in [2.45, 2.75) is 19.5 Å². The molecule has 0 spiro atoms. The third kappa shape index (κ3) is 3.72. The Morgan fingerprint density at radius 1 is 1.53 bits per heavy atom. The lowest BCUT2D eigenvalue weighted by Crippen LogP contribution is -2.27. The molecule has 0 aliphatic rings. The van der Waals surface area contributed by atoms with Crippen molar-refractivity contribution in [3.63, 3.8) is 0 Å². The Labute approximate surface area is 93.9 Å². The topological polar surface area (TPSA) is 32.3 Å². The van der Waals surface area contributed by atoms with Crippen LogP contribution in [0.5, 0.6) is 5.75 Å². The Morgan fingerprint density at radius 2 is 2.27 bits per heavy atom. The highest BCUT2D eigenvalue weighted by Gasteiger charge is 2.07. The summed E-state index contributed by atoms with van der Waals surface area (Å²) in [6.45, 7) is 2.55. The Hall–Kier alpha value is -0.740. The van der Waals surface area contributed by atoms with Crippen LogP contribution >= 0.6 is 11.8 Å². The fourth-order valence-corrected chi connectivity index (χ4v) is 1.91. The third-order valence-electron chi connectivity index (χ3n) is 2.13. The summed E-state index contributed by atoms with van der Waals surface area (Å²) in [4.78, 5) is 0. The number of para-hydroxylation sites is 1. The van der Waals surface area contributed by atoms with Gasteiger partial charge in [0.05, 0.1) is 0 Å². The van der Waals surface area contributed by atoms with Crippen LogP contribution in [0.25, 0.3) is 0 Å². The lowest BCUT2D eigenvalue weighted by atomic mass is 10.2. The molecule has 1 aromatic rings. The molecule has 2 N–H and O–H groups in total. The van der Waals surface area contributed by atoms with Gasteiger partial charge in [0.2, 0.25) is 0 Å². The van der Waals surface area contributed by atoms with Crippen molar-refractivity contribution in [1.29, 1.82) is 0 Å². The van der Waals surface area contributed by atoms with Crippen LogP contribution in [0.2, 0.25) is 0 Å². The zero-order valence-electron chi connectivity index (χ0n) is 8.96. The predicted molar refractivity (Wildman–Crippen MR) is 62.7 cm³/mol. The summed E-state index contributed by atoms with van der Waals surface area (Å²) >= 11 is 1.75. The molecule has 1 aromatic carbocycles. The Balaban J connectivity index is 2.54. The number of phenolic OH excluding ortho intramolecular Hbond substituents is 1. The highest BCUT2D eigenvalue weighted by Crippen LogP contribution is 2.20. The van der Waals surface area contributed by atoms with Crippen LogP contribution in [-0.4, -0.2) is 23.2 Å². The van der Waals surface area contributed by atoms with E-state index in [4.69, 9.17) is 0 Å². The molecule has 1 rings (SSSR count). The van der Waals surface area contributed by atoms with Gasteiger partial charge in [0.15, 0.2) is 11.6 Å². The van der Waals surface area contributed by atoms with E-state index in [9.17, 15) is 9.50 Å². The maximum Gasteiger partial charge on any atom is 0.165 e. The summed E-state index contributed by atoms with van der Waals surface area (Å²) < 4.78 is 13.0. The van der Waals surface area contributed by atoms with Gasteiger partial charge < -0.3 is 10.4 Å². The van der Waals surface area contributed by atoms with E-state index in [1.54, 1.807) is 23.9 Å². The highest BCUT2D eigenvalue weighted by molar-refractivity contribution is 7.98. The standard InChI is InChI=1S/C11H16FNOS/c1-8(7-15-2)13-6-9-4-3-5-10(12)11(9)14/h3-5,8,13-14H,6-7H2,1-2H3. The quantitative estimate of drug-likeness (QED) is 0.813. The third-order valence-corrected chi connectivity index (χ3v) is 2.96. The first-order valence-corrected chi connectivity index (χ1v) is 6.23. The first-order valence-electron chi connectivity index (χ1n) is 4.83. The summed E-state index contributed by atoms with van der Waals surface area (Å²) in [6.07, 6.45) is 2.04. The van der Waals surface area contributed by atoms with Crippen LogP contribution in [0, 0.1) is 5.82 Å². The number of rotatable bonds is 5. The van der Waals surface area contributed by atoms with E-state index < -0.39 is 5.82 Å². The predicted octanol–water partition coefficient (Wildman–Crippen LogP) is 2.37. The number of thioether (sulfide) groups is 1. The van der Waals surface area contributed by atoms with E-state index in [-0.39, 0.29) is 5.75 Å². The molecule has 1 atom stereocenters. The number of aromatic hydroxyl groups is 1. The van der Waals surface area contributed by atoms with Crippen molar-refractivity contribution >= 4 is 11.8 Å². The van der Waals surface area contributed by atoms with Crippen LogP contribution < -0.4 is 5.32 Å². The molecular formula is C11H16FNOS. The maximum atomic E-state index is 13.0. The number of benzene rings is 1. The molecule has 0 saturated heterocycles. The van der Waals surface area contributed by atoms with Crippen LogP contribution in [0.4, 0.5) is 4.39 Å². The van der Waals surface area contributed by atoms with Gasteiger partial charge in [0, 0.05) is 23.9 Å². The van der Waals surface area contributed by atoms with Crippen molar-refractivity contribution in [1.82, 2.24) is 5.32 Å².